The normalized spacial score (nSPS) is 28.9. The van der Waals surface area contributed by atoms with Crippen molar-refractivity contribution in [3.8, 4) is 0 Å². The Morgan fingerprint density at radius 1 is 1.15 bits per heavy atom. The van der Waals surface area contributed by atoms with Crippen LogP contribution in [0.1, 0.15) is 18.4 Å². The molecular weight excluding hydrogens is 276 g/mol. The van der Waals surface area contributed by atoms with Gasteiger partial charge in [-0.15, -0.1) is 0 Å². The van der Waals surface area contributed by atoms with Crippen molar-refractivity contribution in [2.45, 2.75) is 36.2 Å². The maximum Gasteiger partial charge on any atom is 0.162 e. The Morgan fingerprint density at radius 3 is 2.45 bits per heavy atom. The van der Waals surface area contributed by atoms with E-state index in [-0.39, 0.29) is 18.0 Å². The number of benzene rings is 1. The number of hydrogen-bond acceptors (Lipinski definition) is 4. The molecule has 0 aromatic heterocycles. The lowest BCUT2D eigenvalue weighted by Crippen LogP contribution is -2.35. The predicted octanol–water partition coefficient (Wildman–Crippen LogP) is 1.82. The van der Waals surface area contributed by atoms with Crippen LogP contribution in [-0.2, 0) is 25.1 Å². The first kappa shape index (κ1) is 13.9. The zero-order valence-electron chi connectivity index (χ0n) is 11.4. The average Bonchev–Trinajstić information content (AvgIpc) is 3.07. The Morgan fingerprint density at radius 2 is 1.80 bits per heavy atom. The molecule has 1 heterocycles. The molecule has 3 rings (SSSR count). The van der Waals surface area contributed by atoms with Crippen molar-refractivity contribution in [1.29, 1.82) is 0 Å². The summed E-state index contributed by atoms with van der Waals surface area (Å²) in [4.78, 5) is 12.8. The summed E-state index contributed by atoms with van der Waals surface area (Å²) in [5.74, 6) is -0.0276. The first-order chi connectivity index (χ1) is 9.66. The fourth-order valence-corrected chi connectivity index (χ4v) is 4.48. The van der Waals surface area contributed by atoms with E-state index in [2.05, 4.69) is 0 Å². The summed E-state index contributed by atoms with van der Waals surface area (Å²) in [6.07, 6.45) is 0.794. The van der Waals surface area contributed by atoms with Crippen LogP contribution < -0.4 is 0 Å². The van der Waals surface area contributed by atoms with Crippen LogP contribution in [0.4, 0.5) is 0 Å². The van der Waals surface area contributed by atoms with E-state index in [9.17, 15) is 9.00 Å². The summed E-state index contributed by atoms with van der Waals surface area (Å²) in [7, 11) is -1.33. The van der Waals surface area contributed by atoms with Gasteiger partial charge in [0.1, 0.15) is 11.0 Å². The average molecular weight is 294 g/mol. The molecule has 1 aliphatic heterocycles. The first-order valence-corrected chi connectivity index (χ1v) is 8.11. The highest BCUT2D eigenvalue weighted by Crippen LogP contribution is 2.35. The second-order valence-corrected chi connectivity index (χ2v) is 6.88. The van der Waals surface area contributed by atoms with E-state index in [4.69, 9.17) is 9.47 Å². The number of ether oxygens (including phenoxy) is 2. The smallest absolute Gasteiger partial charge is 0.162 e. The number of Topliss-reactive ketones (excluding diaryl/α,β-unsaturated/α-hetero) is 1. The summed E-state index contributed by atoms with van der Waals surface area (Å²) in [6, 6.07) is 7.52. The van der Waals surface area contributed by atoms with Crippen LogP contribution in [0.25, 0.3) is 0 Å². The second-order valence-electron chi connectivity index (χ2n) is 5.31. The maximum absolute atomic E-state index is 12.7. The molecule has 0 radical (unpaired) electrons. The molecule has 4 nitrogen and oxygen atoms in total. The summed E-state index contributed by atoms with van der Waals surface area (Å²) >= 11 is 0. The van der Waals surface area contributed by atoms with Gasteiger partial charge in [0, 0.05) is 17.2 Å². The van der Waals surface area contributed by atoms with E-state index in [1.807, 2.05) is 31.2 Å². The van der Waals surface area contributed by atoms with Crippen molar-refractivity contribution in [3.05, 3.63) is 29.8 Å². The summed E-state index contributed by atoms with van der Waals surface area (Å²) in [5, 5.41) is -0.499. The third kappa shape index (κ3) is 2.57. The highest BCUT2D eigenvalue weighted by atomic mass is 32.2. The third-order valence-corrected chi connectivity index (χ3v) is 5.72. The largest absolute Gasteiger partial charge is 0.350 e. The van der Waals surface area contributed by atoms with Gasteiger partial charge in [0.05, 0.1) is 24.0 Å². The lowest BCUT2D eigenvalue weighted by molar-refractivity contribution is -0.119. The Hall–Kier alpha value is -1.04. The third-order valence-electron chi connectivity index (χ3n) is 3.91. The van der Waals surface area contributed by atoms with Crippen molar-refractivity contribution in [3.63, 3.8) is 0 Å². The van der Waals surface area contributed by atoms with E-state index in [0.717, 1.165) is 5.56 Å². The topological polar surface area (TPSA) is 52.6 Å². The van der Waals surface area contributed by atoms with Gasteiger partial charge in [-0.05, 0) is 25.5 Å². The molecule has 108 valence electrons. The van der Waals surface area contributed by atoms with Gasteiger partial charge >= 0.3 is 0 Å². The molecule has 0 N–H and O–H groups in total. The van der Waals surface area contributed by atoms with E-state index in [0.29, 0.717) is 31.0 Å². The molecule has 1 saturated heterocycles. The van der Waals surface area contributed by atoms with Gasteiger partial charge in [-0.1, -0.05) is 17.7 Å². The molecule has 1 saturated carbocycles. The standard InChI is InChI=1S/C15H18O4S/c1-10-2-4-11(5-3-10)20(17)14-12(6-7-13(14)16)15-18-8-9-19-15/h2-5,12,14-15H,6-9H2,1H3/t12-,14?,20?/m0/s1. The SMILES string of the molecule is Cc1ccc(S(=O)C2C(=O)CC[C@@H]2C2OCCO2)cc1. The molecule has 1 aromatic rings. The molecule has 3 atom stereocenters. The minimum absolute atomic E-state index is 0.0630. The number of hydrogen-bond donors (Lipinski definition) is 0. The molecule has 2 aliphatic rings. The Labute approximate surface area is 120 Å². The number of rotatable bonds is 3. The van der Waals surface area contributed by atoms with Crippen molar-refractivity contribution in [1.82, 2.24) is 0 Å². The number of aryl methyl sites for hydroxylation is 1. The molecular formula is C15H18O4S. The highest BCUT2D eigenvalue weighted by molar-refractivity contribution is 7.86. The Balaban J connectivity index is 1.83. The Bertz CT molecular complexity index is 519. The molecule has 0 spiro atoms. The fourth-order valence-electron chi connectivity index (χ4n) is 2.84. The van der Waals surface area contributed by atoms with Gasteiger partial charge in [0.15, 0.2) is 6.29 Å². The predicted molar refractivity (Wildman–Crippen MR) is 74.8 cm³/mol. The van der Waals surface area contributed by atoms with E-state index >= 15 is 0 Å². The minimum atomic E-state index is -1.33. The van der Waals surface area contributed by atoms with Crippen LogP contribution in [0.15, 0.2) is 29.2 Å². The van der Waals surface area contributed by atoms with Crippen LogP contribution >= 0.6 is 0 Å². The van der Waals surface area contributed by atoms with Crippen LogP contribution in [0.2, 0.25) is 0 Å². The van der Waals surface area contributed by atoms with Gasteiger partial charge in [0.25, 0.3) is 0 Å². The summed E-state index contributed by atoms with van der Waals surface area (Å²) < 4.78 is 23.7. The quantitative estimate of drug-likeness (QED) is 0.853. The van der Waals surface area contributed by atoms with Crippen molar-refractivity contribution in [2.24, 2.45) is 5.92 Å². The number of carbonyl (C=O) groups excluding carboxylic acids is 1. The molecule has 2 fully saturated rings. The Kier molecular flexibility index (Phi) is 4.01. The maximum atomic E-state index is 12.7. The molecule has 0 bridgehead atoms. The molecule has 2 unspecified atom stereocenters. The lowest BCUT2D eigenvalue weighted by atomic mass is 10.1. The molecule has 0 amide bonds. The second kappa shape index (κ2) is 5.76. The van der Waals surface area contributed by atoms with Crippen molar-refractivity contribution >= 4 is 16.6 Å². The van der Waals surface area contributed by atoms with E-state index < -0.39 is 16.0 Å². The monoisotopic (exact) mass is 294 g/mol. The number of carbonyl (C=O) groups is 1. The zero-order chi connectivity index (χ0) is 14.1. The molecule has 20 heavy (non-hydrogen) atoms. The molecule has 1 aliphatic carbocycles. The van der Waals surface area contributed by atoms with Gasteiger partial charge in [0.2, 0.25) is 0 Å². The first-order valence-electron chi connectivity index (χ1n) is 6.90. The zero-order valence-corrected chi connectivity index (χ0v) is 12.2. The summed E-state index contributed by atoms with van der Waals surface area (Å²) in [5.41, 5.74) is 1.11. The van der Waals surface area contributed by atoms with Crippen LogP contribution in [0.3, 0.4) is 0 Å². The van der Waals surface area contributed by atoms with Crippen LogP contribution in [0, 0.1) is 12.8 Å². The fraction of sp³-hybridized carbons (Fsp3) is 0.533. The van der Waals surface area contributed by atoms with E-state index in [1.54, 1.807) is 0 Å². The van der Waals surface area contributed by atoms with Crippen LogP contribution in [-0.4, -0.2) is 34.7 Å². The van der Waals surface area contributed by atoms with Gasteiger partial charge in [-0.2, -0.15) is 0 Å². The number of ketones is 1. The minimum Gasteiger partial charge on any atom is -0.350 e. The van der Waals surface area contributed by atoms with Crippen molar-refractivity contribution < 1.29 is 18.5 Å². The van der Waals surface area contributed by atoms with Crippen molar-refractivity contribution in [2.75, 3.05) is 13.2 Å². The highest BCUT2D eigenvalue weighted by Gasteiger charge is 2.45. The van der Waals surface area contributed by atoms with Gasteiger partial charge in [-0.25, -0.2) is 0 Å². The molecule has 1 aromatic carbocycles. The van der Waals surface area contributed by atoms with Gasteiger partial charge < -0.3 is 9.47 Å². The lowest BCUT2D eigenvalue weighted by Gasteiger charge is -2.22. The summed E-state index contributed by atoms with van der Waals surface area (Å²) in [6.45, 7) is 3.09. The van der Waals surface area contributed by atoms with Crippen LogP contribution in [0.5, 0.6) is 0 Å². The molecule has 5 heteroatoms. The van der Waals surface area contributed by atoms with E-state index in [1.165, 1.54) is 0 Å². The van der Waals surface area contributed by atoms with Gasteiger partial charge in [-0.3, -0.25) is 9.00 Å².